The number of rotatable bonds is 5. The van der Waals surface area contributed by atoms with Crippen LogP contribution in [0.2, 0.25) is 0 Å². The number of methoxy groups -OCH3 is 1. The van der Waals surface area contributed by atoms with E-state index in [-0.39, 0.29) is 24.0 Å². The molecule has 0 unspecified atom stereocenters. The second-order valence-corrected chi connectivity index (χ2v) is 4.73. The van der Waals surface area contributed by atoms with Crippen molar-refractivity contribution in [3.05, 3.63) is 29.8 Å². The first-order valence-electron chi connectivity index (χ1n) is 6.44. The molecule has 1 aliphatic carbocycles. The van der Waals surface area contributed by atoms with E-state index in [1.165, 1.54) is 19.3 Å². The number of nitrogens with one attached hydrogen (secondary N) is 1. The largest absolute Gasteiger partial charge is 0.497 e. The average Bonchev–Trinajstić information content (AvgIpc) is 2.35. The molecule has 0 saturated heterocycles. The van der Waals surface area contributed by atoms with Gasteiger partial charge in [-0.2, -0.15) is 0 Å². The molecule has 0 amide bonds. The fraction of sp³-hybridized carbons (Fsp3) is 0.500. The summed E-state index contributed by atoms with van der Waals surface area (Å²) in [6, 6.07) is 7.87. The minimum Gasteiger partial charge on any atom is -0.497 e. The Labute approximate surface area is 131 Å². The molecule has 1 aliphatic rings. The van der Waals surface area contributed by atoms with E-state index in [1.807, 2.05) is 24.3 Å². The Balaban J connectivity index is 0.00000180. The fourth-order valence-corrected chi connectivity index (χ4v) is 1.91. The van der Waals surface area contributed by atoms with Crippen LogP contribution in [-0.4, -0.2) is 19.6 Å². The van der Waals surface area contributed by atoms with E-state index in [4.69, 9.17) is 10.5 Å². The quantitative estimate of drug-likeness (QED) is 0.472. The summed E-state index contributed by atoms with van der Waals surface area (Å²) in [4.78, 5) is 4.32. The Bertz CT molecular complexity index is 402. The standard InChI is InChI=1S/C14H21N3O.HI/c1-18-13-7-5-12(6-8-13)10-17-14(15)16-9-11-3-2-4-11;/h5-8,11H,2-4,9-10H2,1H3,(H3,15,16,17);1H. The summed E-state index contributed by atoms with van der Waals surface area (Å²) in [6.07, 6.45) is 3.99. The Morgan fingerprint density at radius 3 is 2.58 bits per heavy atom. The minimum atomic E-state index is 0. The van der Waals surface area contributed by atoms with Crippen LogP contribution in [0.3, 0.4) is 0 Å². The normalized spacial score (nSPS) is 15.3. The Hall–Kier alpha value is -0.980. The second-order valence-electron chi connectivity index (χ2n) is 4.73. The van der Waals surface area contributed by atoms with Crippen molar-refractivity contribution < 1.29 is 4.74 Å². The zero-order valence-corrected chi connectivity index (χ0v) is 13.6. The predicted octanol–water partition coefficient (Wildman–Crippen LogP) is 2.52. The summed E-state index contributed by atoms with van der Waals surface area (Å²) < 4.78 is 5.11. The van der Waals surface area contributed by atoms with E-state index >= 15 is 0 Å². The summed E-state index contributed by atoms with van der Waals surface area (Å²) >= 11 is 0. The lowest BCUT2D eigenvalue weighted by Crippen LogP contribution is -2.37. The highest BCUT2D eigenvalue weighted by molar-refractivity contribution is 14.0. The Kier molecular flexibility index (Phi) is 6.97. The smallest absolute Gasteiger partial charge is 0.188 e. The Morgan fingerprint density at radius 1 is 1.37 bits per heavy atom. The molecule has 0 heterocycles. The van der Waals surface area contributed by atoms with E-state index in [2.05, 4.69) is 10.3 Å². The van der Waals surface area contributed by atoms with Gasteiger partial charge in [0.2, 0.25) is 0 Å². The minimum absolute atomic E-state index is 0. The highest BCUT2D eigenvalue weighted by Gasteiger charge is 2.16. The fourth-order valence-electron chi connectivity index (χ4n) is 1.91. The highest BCUT2D eigenvalue weighted by Crippen LogP contribution is 2.24. The number of nitrogens with two attached hydrogens (primary N) is 1. The molecule has 106 valence electrons. The molecule has 2 rings (SSSR count). The third-order valence-corrected chi connectivity index (χ3v) is 3.39. The third kappa shape index (κ3) is 5.26. The van der Waals surface area contributed by atoms with Gasteiger partial charge in [0.15, 0.2) is 5.96 Å². The summed E-state index contributed by atoms with van der Waals surface area (Å²) in [5.74, 6) is 2.19. The number of halogens is 1. The molecule has 19 heavy (non-hydrogen) atoms. The molecule has 0 aliphatic heterocycles. The van der Waals surface area contributed by atoms with Gasteiger partial charge in [-0.1, -0.05) is 18.6 Å². The number of ether oxygens (including phenoxy) is 1. The zero-order chi connectivity index (χ0) is 12.8. The lowest BCUT2D eigenvalue weighted by atomic mass is 9.85. The van der Waals surface area contributed by atoms with E-state index in [1.54, 1.807) is 7.11 Å². The highest BCUT2D eigenvalue weighted by atomic mass is 127. The van der Waals surface area contributed by atoms with Gasteiger partial charge >= 0.3 is 0 Å². The van der Waals surface area contributed by atoms with Gasteiger partial charge in [-0.25, -0.2) is 4.99 Å². The van der Waals surface area contributed by atoms with Gasteiger partial charge in [0.25, 0.3) is 0 Å². The monoisotopic (exact) mass is 375 g/mol. The maximum atomic E-state index is 5.82. The molecule has 0 bridgehead atoms. The molecule has 4 nitrogen and oxygen atoms in total. The first-order chi connectivity index (χ1) is 8.78. The summed E-state index contributed by atoms with van der Waals surface area (Å²) in [7, 11) is 1.66. The maximum absolute atomic E-state index is 5.82. The van der Waals surface area contributed by atoms with Gasteiger partial charge in [0.1, 0.15) is 5.75 Å². The topological polar surface area (TPSA) is 59.6 Å². The molecule has 0 radical (unpaired) electrons. The second kappa shape index (κ2) is 8.24. The van der Waals surface area contributed by atoms with Gasteiger partial charge in [-0.15, -0.1) is 24.0 Å². The molecule has 1 aromatic rings. The molecule has 3 N–H and O–H groups in total. The number of benzene rings is 1. The van der Waals surface area contributed by atoms with E-state index in [0.29, 0.717) is 12.5 Å². The average molecular weight is 375 g/mol. The summed E-state index contributed by atoms with van der Waals surface area (Å²) in [5, 5.41) is 3.18. The van der Waals surface area contributed by atoms with E-state index in [0.717, 1.165) is 23.8 Å². The van der Waals surface area contributed by atoms with Gasteiger partial charge < -0.3 is 15.8 Å². The summed E-state index contributed by atoms with van der Waals surface area (Å²) in [6.45, 7) is 1.56. The van der Waals surface area contributed by atoms with Crippen LogP contribution in [0.4, 0.5) is 0 Å². The van der Waals surface area contributed by atoms with Crippen LogP contribution in [0.1, 0.15) is 24.8 Å². The van der Waals surface area contributed by atoms with Crippen LogP contribution in [-0.2, 0) is 6.54 Å². The molecule has 0 aromatic heterocycles. The van der Waals surface area contributed by atoms with Gasteiger partial charge in [-0.3, -0.25) is 0 Å². The number of nitrogens with zero attached hydrogens (tertiary/aromatic N) is 1. The lowest BCUT2D eigenvalue weighted by Gasteiger charge is -2.25. The van der Waals surface area contributed by atoms with Crippen LogP contribution in [0.15, 0.2) is 29.3 Å². The van der Waals surface area contributed by atoms with Crippen LogP contribution in [0.25, 0.3) is 0 Å². The van der Waals surface area contributed by atoms with Crippen molar-refractivity contribution in [2.75, 3.05) is 13.7 Å². The zero-order valence-electron chi connectivity index (χ0n) is 11.3. The van der Waals surface area contributed by atoms with E-state index < -0.39 is 0 Å². The van der Waals surface area contributed by atoms with Crippen LogP contribution >= 0.6 is 24.0 Å². The molecule has 1 saturated carbocycles. The molecular weight excluding hydrogens is 353 g/mol. The van der Waals surface area contributed by atoms with Crippen LogP contribution in [0.5, 0.6) is 5.75 Å². The predicted molar refractivity (Wildman–Crippen MR) is 89.1 cm³/mol. The molecule has 1 aromatic carbocycles. The maximum Gasteiger partial charge on any atom is 0.188 e. The van der Waals surface area contributed by atoms with Crippen molar-refractivity contribution >= 4 is 29.9 Å². The molecule has 0 atom stereocenters. The van der Waals surface area contributed by atoms with Crippen molar-refractivity contribution in [3.8, 4) is 5.75 Å². The molecule has 0 spiro atoms. The Morgan fingerprint density at radius 2 is 2.05 bits per heavy atom. The van der Waals surface area contributed by atoms with Gasteiger partial charge in [-0.05, 0) is 36.5 Å². The SMILES string of the molecule is COc1ccc(CN=C(N)NCC2CCC2)cc1.I. The number of hydrogen-bond acceptors (Lipinski definition) is 2. The first-order valence-corrected chi connectivity index (χ1v) is 6.44. The first kappa shape index (κ1) is 16.1. The van der Waals surface area contributed by atoms with E-state index in [9.17, 15) is 0 Å². The van der Waals surface area contributed by atoms with Crippen molar-refractivity contribution in [2.45, 2.75) is 25.8 Å². The third-order valence-electron chi connectivity index (χ3n) is 3.39. The van der Waals surface area contributed by atoms with Crippen LogP contribution < -0.4 is 15.8 Å². The van der Waals surface area contributed by atoms with Crippen molar-refractivity contribution in [3.63, 3.8) is 0 Å². The molecular formula is C14H22IN3O. The van der Waals surface area contributed by atoms with Crippen LogP contribution in [0, 0.1) is 5.92 Å². The lowest BCUT2D eigenvalue weighted by molar-refractivity contribution is 0.315. The number of hydrogen-bond donors (Lipinski definition) is 2. The van der Waals surface area contributed by atoms with Gasteiger partial charge in [0.05, 0.1) is 13.7 Å². The molecule has 5 heteroatoms. The van der Waals surface area contributed by atoms with Gasteiger partial charge in [0, 0.05) is 6.54 Å². The van der Waals surface area contributed by atoms with Crippen molar-refractivity contribution in [1.29, 1.82) is 0 Å². The molecule has 1 fully saturated rings. The van der Waals surface area contributed by atoms with Crippen molar-refractivity contribution in [2.24, 2.45) is 16.6 Å². The summed E-state index contributed by atoms with van der Waals surface area (Å²) in [5.41, 5.74) is 6.95. The number of aliphatic imine (C=N–C) groups is 1. The number of guanidine groups is 1. The van der Waals surface area contributed by atoms with Crippen molar-refractivity contribution in [1.82, 2.24) is 5.32 Å².